The number of anilines is 1. The molecule has 0 unspecified atom stereocenters. The SMILES string of the molecule is CCOC(=O)CCCCCN1CCN(c2ccccc2OC)CC1. The first-order valence-corrected chi connectivity index (χ1v) is 9.00. The molecule has 2 rings (SSSR count). The summed E-state index contributed by atoms with van der Waals surface area (Å²) in [6.07, 6.45) is 3.72. The van der Waals surface area contributed by atoms with Gasteiger partial charge in [0.05, 0.1) is 19.4 Å². The molecule has 5 heteroatoms. The lowest BCUT2D eigenvalue weighted by atomic mass is 10.1. The van der Waals surface area contributed by atoms with E-state index in [2.05, 4.69) is 21.9 Å². The minimum absolute atomic E-state index is 0.0667. The summed E-state index contributed by atoms with van der Waals surface area (Å²) in [6, 6.07) is 8.22. The second kappa shape index (κ2) is 10.2. The molecule has 24 heavy (non-hydrogen) atoms. The molecule has 1 aliphatic rings. The fraction of sp³-hybridized carbons (Fsp3) is 0.632. The van der Waals surface area contributed by atoms with Gasteiger partial charge in [0.2, 0.25) is 0 Å². The van der Waals surface area contributed by atoms with Gasteiger partial charge in [0, 0.05) is 32.6 Å². The van der Waals surface area contributed by atoms with Crippen LogP contribution < -0.4 is 9.64 Å². The Morgan fingerprint density at radius 2 is 1.83 bits per heavy atom. The Hall–Kier alpha value is -1.75. The molecular weight excluding hydrogens is 304 g/mol. The van der Waals surface area contributed by atoms with Crippen molar-refractivity contribution >= 4 is 11.7 Å². The predicted octanol–water partition coefficient (Wildman–Crippen LogP) is 2.94. The summed E-state index contributed by atoms with van der Waals surface area (Å²) in [5, 5.41) is 0. The monoisotopic (exact) mass is 334 g/mol. The second-order valence-corrected chi connectivity index (χ2v) is 6.12. The van der Waals surface area contributed by atoms with E-state index in [1.165, 1.54) is 5.69 Å². The molecule has 1 heterocycles. The van der Waals surface area contributed by atoms with E-state index in [1.807, 2.05) is 19.1 Å². The molecule has 1 aromatic carbocycles. The lowest BCUT2D eigenvalue weighted by molar-refractivity contribution is -0.143. The van der Waals surface area contributed by atoms with Gasteiger partial charge in [-0.15, -0.1) is 0 Å². The fourth-order valence-corrected chi connectivity index (χ4v) is 3.12. The van der Waals surface area contributed by atoms with Crippen LogP contribution in [0.5, 0.6) is 5.75 Å². The van der Waals surface area contributed by atoms with Crippen molar-refractivity contribution in [2.45, 2.75) is 32.6 Å². The number of nitrogens with zero attached hydrogens (tertiary/aromatic N) is 2. The largest absolute Gasteiger partial charge is 0.495 e. The van der Waals surface area contributed by atoms with Gasteiger partial charge in [-0.3, -0.25) is 9.69 Å². The summed E-state index contributed by atoms with van der Waals surface area (Å²) in [4.78, 5) is 16.2. The highest BCUT2D eigenvalue weighted by Gasteiger charge is 2.18. The predicted molar refractivity (Wildman–Crippen MR) is 96.7 cm³/mol. The Balaban J connectivity index is 1.63. The average Bonchev–Trinajstić information content (AvgIpc) is 2.62. The second-order valence-electron chi connectivity index (χ2n) is 6.12. The van der Waals surface area contributed by atoms with E-state index in [0.29, 0.717) is 13.0 Å². The van der Waals surface area contributed by atoms with Gasteiger partial charge in [-0.2, -0.15) is 0 Å². The number of carbonyl (C=O) groups excluding carboxylic acids is 1. The quantitative estimate of drug-likeness (QED) is 0.513. The van der Waals surface area contributed by atoms with Crippen LogP contribution in [-0.2, 0) is 9.53 Å². The minimum Gasteiger partial charge on any atom is -0.495 e. The van der Waals surface area contributed by atoms with Gasteiger partial charge in [0.15, 0.2) is 0 Å². The topological polar surface area (TPSA) is 42.0 Å². The van der Waals surface area contributed by atoms with Gasteiger partial charge < -0.3 is 14.4 Å². The number of para-hydroxylation sites is 2. The minimum atomic E-state index is -0.0667. The molecule has 0 bridgehead atoms. The molecule has 5 nitrogen and oxygen atoms in total. The van der Waals surface area contributed by atoms with Crippen LogP contribution in [-0.4, -0.2) is 57.3 Å². The third-order valence-electron chi connectivity index (χ3n) is 4.46. The summed E-state index contributed by atoms with van der Waals surface area (Å²) in [5.74, 6) is 0.882. The molecule has 0 N–H and O–H groups in total. The number of methoxy groups -OCH3 is 1. The third kappa shape index (κ3) is 5.71. The number of esters is 1. The van der Waals surface area contributed by atoms with E-state index in [4.69, 9.17) is 9.47 Å². The molecule has 0 aromatic heterocycles. The Morgan fingerprint density at radius 1 is 1.08 bits per heavy atom. The van der Waals surface area contributed by atoms with E-state index in [1.54, 1.807) is 7.11 Å². The summed E-state index contributed by atoms with van der Waals surface area (Å²) in [6.45, 7) is 7.67. The fourth-order valence-electron chi connectivity index (χ4n) is 3.12. The maximum atomic E-state index is 11.3. The van der Waals surface area contributed by atoms with Crippen LogP contribution in [0.25, 0.3) is 0 Å². The number of hydrogen-bond acceptors (Lipinski definition) is 5. The summed E-state index contributed by atoms with van der Waals surface area (Å²) in [7, 11) is 1.73. The van der Waals surface area contributed by atoms with Crippen LogP contribution >= 0.6 is 0 Å². The number of benzene rings is 1. The first-order valence-electron chi connectivity index (χ1n) is 9.00. The zero-order valence-electron chi connectivity index (χ0n) is 15.0. The van der Waals surface area contributed by atoms with Crippen molar-refractivity contribution in [2.75, 3.05) is 51.3 Å². The number of unbranched alkanes of at least 4 members (excludes halogenated alkanes) is 2. The zero-order chi connectivity index (χ0) is 17.2. The molecule has 0 amide bonds. The third-order valence-corrected chi connectivity index (χ3v) is 4.46. The highest BCUT2D eigenvalue weighted by Crippen LogP contribution is 2.28. The van der Waals surface area contributed by atoms with Crippen molar-refractivity contribution in [1.82, 2.24) is 4.90 Å². The number of ether oxygens (including phenoxy) is 2. The maximum Gasteiger partial charge on any atom is 0.305 e. The van der Waals surface area contributed by atoms with Crippen molar-refractivity contribution in [3.05, 3.63) is 24.3 Å². The van der Waals surface area contributed by atoms with Crippen LogP contribution in [0.4, 0.5) is 5.69 Å². The van der Waals surface area contributed by atoms with Crippen molar-refractivity contribution in [2.24, 2.45) is 0 Å². The molecule has 1 aromatic rings. The zero-order valence-corrected chi connectivity index (χ0v) is 15.0. The van der Waals surface area contributed by atoms with Crippen LogP contribution in [0.3, 0.4) is 0 Å². The number of rotatable bonds is 9. The summed E-state index contributed by atoms with van der Waals surface area (Å²) in [5.41, 5.74) is 1.19. The van der Waals surface area contributed by atoms with Crippen molar-refractivity contribution in [3.8, 4) is 5.75 Å². The molecule has 134 valence electrons. The van der Waals surface area contributed by atoms with Gasteiger partial charge in [-0.1, -0.05) is 18.6 Å². The molecule has 0 spiro atoms. The summed E-state index contributed by atoms with van der Waals surface area (Å²) < 4.78 is 10.4. The van der Waals surface area contributed by atoms with Crippen molar-refractivity contribution in [3.63, 3.8) is 0 Å². The van der Waals surface area contributed by atoms with Gasteiger partial charge >= 0.3 is 5.97 Å². The molecule has 0 aliphatic carbocycles. The van der Waals surface area contributed by atoms with Crippen LogP contribution in [0.15, 0.2) is 24.3 Å². The van der Waals surface area contributed by atoms with Gasteiger partial charge in [-0.05, 0) is 38.4 Å². The van der Waals surface area contributed by atoms with E-state index in [0.717, 1.165) is 57.7 Å². The molecule has 1 saturated heterocycles. The Labute approximate surface area is 145 Å². The standard InChI is InChI=1S/C19H30N2O3/c1-3-24-19(22)11-5-4-8-12-20-13-15-21(16-14-20)17-9-6-7-10-18(17)23-2/h6-7,9-10H,3-5,8,11-16H2,1-2H3. The number of carbonyl (C=O) groups is 1. The van der Waals surface area contributed by atoms with Crippen LogP contribution in [0.1, 0.15) is 32.6 Å². The van der Waals surface area contributed by atoms with Crippen molar-refractivity contribution < 1.29 is 14.3 Å². The molecule has 0 atom stereocenters. The van der Waals surface area contributed by atoms with Gasteiger partial charge in [0.1, 0.15) is 5.75 Å². The first-order chi connectivity index (χ1) is 11.7. The maximum absolute atomic E-state index is 11.3. The van der Waals surface area contributed by atoms with Crippen molar-refractivity contribution in [1.29, 1.82) is 0 Å². The highest BCUT2D eigenvalue weighted by atomic mass is 16.5. The number of hydrogen-bond donors (Lipinski definition) is 0. The van der Waals surface area contributed by atoms with Gasteiger partial charge in [-0.25, -0.2) is 0 Å². The Kier molecular flexibility index (Phi) is 7.89. The summed E-state index contributed by atoms with van der Waals surface area (Å²) >= 11 is 0. The van der Waals surface area contributed by atoms with Crippen LogP contribution in [0.2, 0.25) is 0 Å². The van der Waals surface area contributed by atoms with E-state index >= 15 is 0 Å². The van der Waals surface area contributed by atoms with E-state index < -0.39 is 0 Å². The molecular formula is C19H30N2O3. The normalized spacial score (nSPS) is 15.3. The lowest BCUT2D eigenvalue weighted by Crippen LogP contribution is -2.46. The first kappa shape index (κ1) is 18.6. The van der Waals surface area contributed by atoms with Crippen LogP contribution in [0, 0.1) is 0 Å². The van der Waals surface area contributed by atoms with E-state index in [-0.39, 0.29) is 5.97 Å². The van der Waals surface area contributed by atoms with E-state index in [9.17, 15) is 4.79 Å². The smallest absolute Gasteiger partial charge is 0.305 e. The molecule has 1 fully saturated rings. The Bertz CT molecular complexity index is 499. The number of piperazine rings is 1. The van der Waals surface area contributed by atoms with Gasteiger partial charge in [0.25, 0.3) is 0 Å². The Morgan fingerprint density at radius 3 is 2.54 bits per heavy atom. The molecule has 1 aliphatic heterocycles. The molecule has 0 saturated carbocycles. The molecule has 0 radical (unpaired) electrons. The average molecular weight is 334 g/mol. The lowest BCUT2D eigenvalue weighted by Gasteiger charge is -2.36. The highest BCUT2D eigenvalue weighted by molar-refractivity contribution is 5.69.